The molecule has 4 rings (SSSR count). The van der Waals surface area contributed by atoms with E-state index in [1.165, 1.54) is 23.9 Å². The average Bonchev–Trinajstić information content (AvgIpc) is 3.08. The molecule has 0 spiro atoms. The minimum absolute atomic E-state index is 0.0348. The highest BCUT2D eigenvalue weighted by atomic mass is 32.2. The van der Waals surface area contributed by atoms with Crippen molar-refractivity contribution in [1.82, 2.24) is 0 Å². The zero-order chi connectivity index (χ0) is 21.3. The predicted molar refractivity (Wildman–Crippen MR) is 114 cm³/mol. The summed E-state index contributed by atoms with van der Waals surface area (Å²) in [6, 6.07) is 19.7. The number of hydrogen-bond donors (Lipinski definition) is 1. The van der Waals surface area contributed by atoms with E-state index in [4.69, 9.17) is 4.74 Å². The SMILES string of the molecule is CN1/C(=C(/C#N)C(=O)COC(=O)c2cc3ccccc3cc2O)Sc2ccccc21. The fourth-order valence-corrected chi connectivity index (χ4v) is 4.38. The van der Waals surface area contributed by atoms with Crippen molar-refractivity contribution in [3.05, 3.63) is 76.8 Å². The number of nitriles is 1. The van der Waals surface area contributed by atoms with Gasteiger partial charge < -0.3 is 14.7 Å². The average molecular weight is 416 g/mol. The van der Waals surface area contributed by atoms with Crippen LogP contribution >= 0.6 is 11.8 Å². The Balaban J connectivity index is 1.53. The van der Waals surface area contributed by atoms with E-state index in [0.717, 1.165) is 21.4 Å². The van der Waals surface area contributed by atoms with Crippen molar-refractivity contribution >= 4 is 40.0 Å². The number of carbonyl (C=O) groups is 2. The molecule has 1 aliphatic rings. The van der Waals surface area contributed by atoms with Crippen LogP contribution in [0, 0.1) is 11.3 Å². The van der Waals surface area contributed by atoms with E-state index in [1.54, 1.807) is 18.0 Å². The number of ether oxygens (including phenoxy) is 1. The maximum Gasteiger partial charge on any atom is 0.342 e. The number of phenolic OH excluding ortho intramolecular Hbond substituents is 1. The summed E-state index contributed by atoms with van der Waals surface area (Å²) in [4.78, 5) is 27.8. The molecule has 0 saturated heterocycles. The number of carbonyl (C=O) groups excluding carboxylic acids is 2. The van der Waals surface area contributed by atoms with E-state index in [2.05, 4.69) is 0 Å². The van der Waals surface area contributed by atoms with Gasteiger partial charge in [0.25, 0.3) is 0 Å². The van der Waals surface area contributed by atoms with Crippen LogP contribution in [0.15, 0.2) is 76.2 Å². The predicted octanol–water partition coefficient (Wildman–Crippen LogP) is 4.25. The van der Waals surface area contributed by atoms with Gasteiger partial charge in [-0.25, -0.2) is 4.79 Å². The minimum Gasteiger partial charge on any atom is -0.507 e. The first-order valence-electron chi connectivity index (χ1n) is 9.06. The van der Waals surface area contributed by atoms with Gasteiger partial charge in [0.15, 0.2) is 6.61 Å². The number of para-hydroxylation sites is 1. The van der Waals surface area contributed by atoms with Gasteiger partial charge in [-0.1, -0.05) is 48.2 Å². The van der Waals surface area contributed by atoms with E-state index in [9.17, 15) is 20.0 Å². The van der Waals surface area contributed by atoms with Gasteiger partial charge in [-0.05, 0) is 35.0 Å². The first kappa shape index (κ1) is 19.6. The molecule has 0 atom stereocenters. The van der Waals surface area contributed by atoms with Crippen molar-refractivity contribution in [3.63, 3.8) is 0 Å². The van der Waals surface area contributed by atoms with Crippen molar-refractivity contribution in [2.75, 3.05) is 18.6 Å². The quantitative estimate of drug-likeness (QED) is 0.386. The molecule has 0 bridgehead atoms. The van der Waals surface area contributed by atoms with Crippen LogP contribution in [-0.2, 0) is 9.53 Å². The molecule has 148 valence electrons. The number of rotatable bonds is 4. The number of aromatic hydroxyl groups is 1. The van der Waals surface area contributed by atoms with Crippen molar-refractivity contribution < 1.29 is 19.4 Å². The third-order valence-electron chi connectivity index (χ3n) is 4.76. The lowest BCUT2D eigenvalue weighted by molar-refractivity contribution is -0.118. The summed E-state index contributed by atoms with van der Waals surface area (Å²) in [5.41, 5.74) is 0.790. The molecule has 0 fully saturated rings. The number of anilines is 1. The fourth-order valence-electron chi connectivity index (χ4n) is 3.22. The summed E-state index contributed by atoms with van der Waals surface area (Å²) in [5.74, 6) is -1.66. The van der Waals surface area contributed by atoms with Crippen LogP contribution < -0.4 is 4.90 Å². The second-order valence-corrected chi connectivity index (χ2v) is 7.67. The molecule has 0 amide bonds. The zero-order valence-corrected chi connectivity index (χ0v) is 16.8. The molecular formula is C23H16N2O4S. The molecular weight excluding hydrogens is 400 g/mol. The van der Waals surface area contributed by atoms with Gasteiger partial charge in [0.05, 0.1) is 5.69 Å². The summed E-state index contributed by atoms with van der Waals surface area (Å²) < 4.78 is 5.11. The van der Waals surface area contributed by atoms with Crippen LogP contribution in [0.3, 0.4) is 0 Å². The number of benzene rings is 3. The number of nitrogens with zero attached hydrogens (tertiary/aromatic N) is 2. The molecule has 1 heterocycles. The molecule has 0 saturated carbocycles. The Hall–Kier alpha value is -3.76. The van der Waals surface area contributed by atoms with Gasteiger partial charge in [-0.15, -0.1) is 0 Å². The lowest BCUT2D eigenvalue weighted by atomic mass is 10.1. The Morgan fingerprint density at radius 3 is 2.47 bits per heavy atom. The zero-order valence-electron chi connectivity index (χ0n) is 16.0. The van der Waals surface area contributed by atoms with Gasteiger partial charge in [-0.2, -0.15) is 5.26 Å². The van der Waals surface area contributed by atoms with Gasteiger partial charge >= 0.3 is 5.97 Å². The normalized spacial score (nSPS) is 14.2. The van der Waals surface area contributed by atoms with Crippen LogP contribution in [0.5, 0.6) is 5.75 Å². The van der Waals surface area contributed by atoms with Gasteiger partial charge in [0, 0.05) is 11.9 Å². The van der Waals surface area contributed by atoms with E-state index < -0.39 is 18.4 Å². The van der Waals surface area contributed by atoms with E-state index in [0.29, 0.717) is 5.03 Å². The first-order chi connectivity index (χ1) is 14.5. The molecule has 3 aromatic rings. The number of ketones is 1. The molecule has 0 unspecified atom stereocenters. The second-order valence-electron chi connectivity index (χ2n) is 6.64. The Morgan fingerprint density at radius 1 is 1.10 bits per heavy atom. The number of Topliss-reactive ketones (excluding diaryl/α,β-unsaturated/α-hetero) is 1. The third kappa shape index (κ3) is 3.49. The van der Waals surface area contributed by atoms with Gasteiger partial charge in [0.1, 0.15) is 28.0 Å². The first-order valence-corrected chi connectivity index (χ1v) is 9.88. The van der Waals surface area contributed by atoms with Crippen LogP contribution in [0.4, 0.5) is 5.69 Å². The smallest absolute Gasteiger partial charge is 0.342 e. The number of fused-ring (bicyclic) bond motifs is 2. The molecule has 0 aliphatic carbocycles. The Morgan fingerprint density at radius 2 is 1.77 bits per heavy atom. The second kappa shape index (κ2) is 7.93. The molecule has 0 radical (unpaired) electrons. The maximum atomic E-state index is 12.6. The summed E-state index contributed by atoms with van der Waals surface area (Å²) in [7, 11) is 1.78. The number of esters is 1. The highest BCUT2D eigenvalue weighted by Crippen LogP contribution is 2.46. The Bertz CT molecular complexity index is 1260. The minimum atomic E-state index is -0.829. The van der Waals surface area contributed by atoms with Crippen LogP contribution in [0.2, 0.25) is 0 Å². The highest BCUT2D eigenvalue weighted by molar-refractivity contribution is 8.03. The van der Waals surface area contributed by atoms with E-state index in [1.807, 2.05) is 48.5 Å². The molecule has 1 aliphatic heterocycles. The highest BCUT2D eigenvalue weighted by Gasteiger charge is 2.28. The summed E-state index contributed by atoms with van der Waals surface area (Å²) in [5, 5.41) is 21.7. The van der Waals surface area contributed by atoms with Crippen LogP contribution in [0.25, 0.3) is 10.8 Å². The number of hydrogen-bond acceptors (Lipinski definition) is 7. The molecule has 1 N–H and O–H groups in total. The Kier molecular flexibility index (Phi) is 5.17. The lowest BCUT2D eigenvalue weighted by Gasteiger charge is -2.14. The third-order valence-corrected chi connectivity index (χ3v) is 6.00. The molecule has 3 aromatic carbocycles. The van der Waals surface area contributed by atoms with Gasteiger partial charge in [0.2, 0.25) is 5.78 Å². The number of phenols is 1. The Labute approximate surface area is 177 Å². The summed E-state index contributed by atoms with van der Waals surface area (Å²) in [6.45, 7) is -0.595. The molecule has 6 nitrogen and oxygen atoms in total. The van der Waals surface area contributed by atoms with Crippen molar-refractivity contribution in [2.24, 2.45) is 0 Å². The van der Waals surface area contributed by atoms with Crippen molar-refractivity contribution in [3.8, 4) is 11.8 Å². The molecule has 30 heavy (non-hydrogen) atoms. The molecule has 0 aromatic heterocycles. The lowest BCUT2D eigenvalue weighted by Crippen LogP contribution is -2.20. The van der Waals surface area contributed by atoms with Crippen LogP contribution in [0.1, 0.15) is 10.4 Å². The largest absolute Gasteiger partial charge is 0.507 e. The van der Waals surface area contributed by atoms with E-state index in [-0.39, 0.29) is 16.9 Å². The van der Waals surface area contributed by atoms with Crippen molar-refractivity contribution in [1.29, 1.82) is 5.26 Å². The standard InChI is InChI=1S/C23H16N2O4S/c1-25-18-8-4-5-9-21(18)30-22(25)17(12-24)20(27)13-29-23(28)16-10-14-6-2-3-7-15(14)11-19(16)26/h2-11,26H,13H2,1H3/b22-17+. The monoisotopic (exact) mass is 416 g/mol. The molecule has 7 heteroatoms. The van der Waals surface area contributed by atoms with Gasteiger partial charge in [-0.3, -0.25) is 4.79 Å². The van der Waals surface area contributed by atoms with Crippen molar-refractivity contribution in [2.45, 2.75) is 4.90 Å². The topological polar surface area (TPSA) is 90.6 Å². The summed E-state index contributed by atoms with van der Waals surface area (Å²) >= 11 is 1.32. The van der Waals surface area contributed by atoms with Crippen LogP contribution in [-0.4, -0.2) is 30.5 Å². The number of thioether (sulfide) groups is 1. The fraction of sp³-hybridized carbons (Fsp3) is 0.0870. The maximum absolute atomic E-state index is 12.6. The summed E-state index contributed by atoms with van der Waals surface area (Å²) in [6.07, 6.45) is 0. The van der Waals surface area contributed by atoms with E-state index >= 15 is 0 Å².